The first-order valence-electron chi connectivity index (χ1n) is 4.65. The largest absolute Gasteiger partial charge is 0.414 e. The van der Waals surface area contributed by atoms with Crippen LogP contribution in [0.1, 0.15) is 19.3 Å². The summed E-state index contributed by atoms with van der Waals surface area (Å²) >= 11 is 0. The van der Waals surface area contributed by atoms with Gasteiger partial charge in [-0.15, -0.1) is 6.58 Å². The van der Waals surface area contributed by atoms with Gasteiger partial charge in [0, 0.05) is 0 Å². The highest BCUT2D eigenvalue weighted by Crippen LogP contribution is 2.14. The standard InChI is InChI=1S/C10H19NOSi/c1-5-6-7-10(8-9-11)12-13(2,3)4/h5,10H,1,6-8H2,2-4H3/t10-/m0/s1. The van der Waals surface area contributed by atoms with E-state index in [9.17, 15) is 0 Å². The van der Waals surface area contributed by atoms with Crippen molar-refractivity contribution in [3.63, 3.8) is 0 Å². The van der Waals surface area contributed by atoms with Crippen LogP contribution in [0.4, 0.5) is 0 Å². The Hall–Kier alpha value is -0.593. The van der Waals surface area contributed by atoms with Gasteiger partial charge in [-0.1, -0.05) is 6.08 Å². The molecule has 0 aliphatic carbocycles. The molecule has 2 nitrogen and oxygen atoms in total. The van der Waals surface area contributed by atoms with Gasteiger partial charge in [0.15, 0.2) is 8.32 Å². The van der Waals surface area contributed by atoms with Gasteiger partial charge in [-0.05, 0) is 32.5 Å². The smallest absolute Gasteiger partial charge is 0.184 e. The van der Waals surface area contributed by atoms with E-state index in [2.05, 4.69) is 32.3 Å². The van der Waals surface area contributed by atoms with Crippen molar-refractivity contribution in [2.24, 2.45) is 0 Å². The van der Waals surface area contributed by atoms with Crippen LogP contribution in [0.15, 0.2) is 12.7 Å². The monoisotopic (exact) mass is 197 g/mol. The third-order valence-corrected chi connectivity index (χ3v) is 2.57. The summed E-state index contributed by atoms with van der Waals surface area (Å²) in [5.74, 6) is 0. The molecule has 0 aliphatic heterocycles. The molecule has 0 fully saturated rings. The molecule has 13 heavy (non-hydrogen) atoms. The van der Waals surface area contributed by atoms with E-state index in [0.29, 0.717) is 6.42 Å². The minimum absolute atomic E-state index is 0.106. The Kier molecular flexibility index (Phi) is 5.68. The highest BCUT2D eigenvalue weighted by atomic mass is 28.4. The van der Waals surface area contributed by atoms with E-state index in [-0.39, 0.29) is 6.10 Å². The second kappa shape index (κ2) is 5.95. The van der Waals surface area contributed by atoms with Crippen molar-refractivity contribution >= 4 is 8.32 Å². The zero-order valence-electron chi connectivity index (χ0n) is 8.84. The summed E-state index contributed by atoms with van der Waals surface area (Å²) in [6, 6.07) is 2.16. The molecule has 0 aliphatic rings. The first kappa shape index (κ1) is 12.4. The summed E-state index contributed by atoms with van der Waals surface area (Å²) in [6.07, 6.45) is 4.32. The molecule has 1 atom stereocenters. The van der Waals surface area contributed by atoms with Gasteiger partial charge in [-0.25, -0.2) is 0 Å². The average molecular weight is 197 g/mol. The van der Waals surface area contributed by atoms with Gasteiger partial charge >= 0.3 is 0 Å². The lowest BCUT2D eigenvalue weighted by atomic mass is 10.1. The normalized spacial score (nSPS) is 13.4. The number of nitriles is 1. The van der Waals surface area contributed by atoms with Crippen LogP contribution in [0.5, 0.6) is 0 Å². The second-order valence-electron chi connectivity index (χ2n) is 4.08. The van der Waals surface area contributed by atoms with Crippen LogP contribution in [0.3, 0.4) is 0 Å². The first-order valence-corrected chi connectivity index (χ1v) is 8.06. The van der Waals surface area contributed by atoms with E-state index in [1.807, 2.05) is 6.08 Å². The topological polar surface area (TPSA) is 33.0 Å². The van der Waals surface area contributed by atoms with Gasteiger partial charge < -0.3 is 4.43 Å². The summed E-state index contributed by atoms with van der Waals surface area (Å²) in [5.41, 5.74) is 0. The SMILES string of the molecule is C=CCC[C@@H](CC#N)O[Si](C)(C)C. The van der Waals surface area contributed by atoms with Crippen LogP contribution in [-0.4, -0.2) is 14.4 Å². The highest BCUT2D eigenvalue weighted by Gasteiger charge is 2.20. The van der Waals surface area contributed by atoms with Crippen LogP contribution >= 0.6 is 0 Å². The van der Waals surface area contributed by atoms with Gasteiger partial charge in [0.05, 0.1) is 18.6 Å². The molecule has 0 spiro atoms. The maximum Gasteiger partial charge on any atom is 0.184 e. The number of hydrogen-bond donors (Lipinski definition) is 0. The molecule has 0 heterocycles. The van der Waals surface area contributed by atoms with Gasteiger partial charge in [-0.3, -0.25) is 0 Å². The average Bonchev–Trinajstić information content (AvgIpc) is 1.98. The van der Waals surface area contributed by atoms with Crippen LogP contribution < -0.4 is 0 Å². The molecular formula is C10H19NOSi. The van der Waals surface area contributed by atoms with E-state index in [1.54, 1.807) is 0 Å². The molecule has 0 N–H and O–H groups in total. The quantitative estimate of drug-likeness (QED) is 0.484. The molecule has 0 saturated carbocycles. The maximum atomic E-state index is 8.59. The molecule has 3 heteroatoms. The predicted molar refractivity (Wildman–Crippen MR) is 57.9 cm³/mol. The molecule has 0 saturated heterocycles. The van der Waals surface area contributed by atoms with Crippen molar-refractivity contribution < 1.29 is 4.43 Å². The van der Waals surface area contributed by atoms with Gasteiger partial charge in [0.25, 0.3) is 0 Å². The van der Waals surface area contributed by atoms with E-state index in [1.165, 1.54) is 0 Å². The summed E-state index contributed by atoms with van der Waals surface area (Å²) in [4.78, 5) is 0. The fraction of sp³-hybridized carbons (Fsp3) is 0.700. The van der Waals surface area contributed by atoms with Gasteiger partial charge in [0.2, 0.25) is 0 Å². The van der Waals surface area contributed by atoms with E-state index in [4.69, 9.17) is 9.69 Å². The molecule has 0 aromatic carbocycles. The summed E-state index contributed by atoms with van der Waals surface area (Å²) in [6.45, 7) is 10.1. The minimum atomic E-state index is -1.49. The lowest BCUT2D eigenvalue weighted by molar-refractivity contribution is 0.190. The number of nitrogens with zero attached hydrogens (tertiary/aromatic N) is 1. The molecule has 0 amide bonds. The summed E-state index contributed by atoms with van der Waals surface area (Å²) in [7, 11) is -1.49. The zero-order chi connectivity index (χ0) is 10.3. The van der Waals surface area contributed by atoms with E-state index in [0.717, 1.165) is 12.8 Å². The molecule has 0 bridgehead atoms. The van der Waals surface area contributed by atoms with Gasteiger partial charge in [0.1, 0.15) is 0 Å². The third-order valence-electron chi connectivity index (χ3n) is 1.53. The van der Waals surface area contributed by atoms with Crippen LogP contribution in [0, 0.1) is 11.3 Å². The van der Waals surface area contributed by atoms with Crippen molar-refractivity contribution in [1.82, 2.24) is 0 Å². The van der Waals surface area contributed by atoms with Crippen molar-refractivity contribution in [2.45, 2.75) is 45.0 Å². The Morgan fingerprint density at radius 1 is 1.54 bits per heavy atom. The Bertz CT molecular complexity index is 190. The van der Waals surface area contributed by atoms with Crippen molar-refractivity contribution in [2.75, 3.05) is 0 Å². The van der Waals surface area contributed by atoms with E-state index >= 15 is 0 Å². The fourth-order valence-electron chi connectivity index (χ4n) is 1.11. The van der Waals surface area contributed by atoms with E-state index < -0.39 is 8.32 Å². The molecule has 74 valence electrons. The molecule has 0 radical (unpaired) electrons. The molecule has 0 aromatic heterocycles. The van der Waals surface area contributed by atoms with Crippen LogP contribution in [0.2, 0.25) is 19.6 Å². The Balaban J connectivity index is 3.95. The summed E-state index contributed by atoms with van der Waals surface area (Å²) < 4.78 is 5.85. The molecule has 0 aromatic rings. The minimum Gasteiger partial charge on any atom is -0.414 e. The summed E-state index contributed by atoms with van der Waals surface area (Å²) in [5, 5.41) is 8.59. The van der Waals surface area contributed by atoms with Gasteiger partial charge in [-0.2, -0.15) is 5.26 Å². The predicted octanol–water partition coefficient (Wildman–Crippen LogP) is 3.09. The van der Waals surface area contributed by atoms with Crippen LogP contribution in [0.25, 0.3) is 0 Å². The Labute approximate surface area is 82.3 Å². The third kappa shape index (κ3) is 7.76. The first-order chi connectivity index (χ1) is 5.99. The lowest BCUT2D eigenvalue weighted by Gasteiger charge is -2.24. The van der Waals surface area contributed by atoms with Crippen molar-refractivity contribution in [1.29, 1.82) is 5.26 Å². The number of allylic oxidation sites excluding steroid dienone is 1. The van der Waals surface area contributed by atoms with Crippen LogP contribution in [-0.2, 0) is 4.43 Å². The number of hydrogen-bond acceptors (Lipinski definition) is 2. The molecular weight excluding hydrogens is 178 g/mol. The maximum absolute atomic E-state index is 8.59. The Morgan fingerprint density at radius 3 is 2.54 bits per heavy atom. The number of rotatable bonds is 6. The second-order valence-corrected chi connectivity index (χ2v) is 8.54. The van der Waals surface area contributed by atoms with Crippen molar-refractivity contribution in [3.8, 4) is 6.07 Å². The highest BCUT2D eigenvalue weighted by molar-refractivity contribution is 6.69. The molecule has 0 unspecified atom stereocenters. The Morgan fingerprint density at radius 2 is 2.15 bits per heavy atom. The zero-order valence-corrected chi connectivity index (χ0v) is 9.84. The fourth-order valence-corrected chi connectivity index (χ4v) is 2.31. The lowest BCUT2D eigenvalue weighted by Crippen LogP contribution is -2.31. The van der Waals surface area contributed by atoms with Crippen molar-refractivity contribution in [3.05, 3.63) is 12.7 Å². The molecule has 0 rings (SSSR count).